The summed E-state index contributed by atoms with van der Waals surface area (Å²) in [7, 11) is 0. The van der Waals surface area contributed by atoms with E-state index < -0.39 is 40.4 Å². The van der Waals surface area contributed by atoms with Crippen LogP contribution in [0, 0.1) is 11.7 Å². The van der Waals surface area contributed by atoms with Gasteiger partial charge >= 0.3 is 17.9 Å². The fourth-order valence-corrected chi connectivity index (χ4v) is 10.5. The van der Waals surface area contributed by atoms with Crippen LogP contribution >= 0.6 is 34.9 Å². The Balaban J connectivity index is 0.921. The molecular formula is C38H41FN4O9S3. The van der Waals surface area contributed by atoms with E-state index in [4.69, 9.17) is 14.2 Å². The molecule has 2 saturated heterocycles. The van der Waals surface area contributed by atoms with Crippen LogP contribution in [0.1, 0.15) is 60.1 Å². The number of piperazine rings is 1. The van der Waals surface area contributed by atoms with Crippen molar-refractivity contribution in [1.29, 1.82) is 0 Å². The number of halogens is 1. The summed E-state index contributed by atoms with van der Waals surface area (Å²) in [6, 6.07) is 6.68. The molecule has 1 unspecified atom stereocenters. The van der Waals surface area contributed by atoms with Gasteiger partial charge in [0.1, 0.15) is 29.5 Å². The number of fused-ring (bicyclic) bond motifs is 4. The molecule has 13 nitrogen and oxygen atoms in total. The number of unbranched alkanes of at least 4 members (excludes halogenated alkanes) is 2. The molecule has 0 radical (unpaired) electrons. The van der Waals surface area contributed by atoms with Gasteiger partial charge in [-0.15, -0.1) is 23.1 Å². The molecule has 2 fully saturated rings. The maximum atomic E-state index is 15.3. The number of β-lactam (4-membered cyclic amide) rings is 1. The van der Waals surface area contributed by atoms with Crippen LogP contribution in [0.5, 0.6) is 0 Å². The number of Topliss-reactive ketones (excluding diaryl/α,β-unsaturated/α-hetero) is 1. The van der Waals surface area contributed by atoms with Crippen LogP contribution in [0.15, 0.2) is 50.7 Å². The van der Waals surface area contributed by atoms with E-state index in [1.54, 1.807) is 6.07 Å². The van der Waals surface area contributed by atoms with Gasteiger partial charge in [-0.05, 0) is 49.8 Å². The van der Waals surface area contributed by atoms with E-state index in [9.17, 15) is 28.8 Å². The van der Waals surface area contributed by atoms with E-state index >= 15 is 4.39 Å². The normalized spacial score (nSPS) is 20.3. The van der Waals surface area contributed by atoms with Gasteiger partial charge in [0.15, 0.2) is 0 Å². The van der Waals surface area contributed by atoms with Gasteiger partial charge in [0.2, 0.25) is 11.3 Å². The number of carbonyl (C=O) groups is 5. The van der Waals surface area contributed by atoms with Crippen molar-refractivity contribution < 1.29 is 42.6 Å². The number of hydrogen-bond acceptors (Lipinski definition) is 14. The lowest BCUT2D eigenvalue weighted by Gasteiger charge is -2.49. The Hall–Kier alpha value is -4.19. The van der Waals surface area contributed by atoms with Gasteiger partial charge in [-0.3, -0.25) is 24.1 Å². The van der Waals surface area contributed by atoms with Crippen molar-refractivity contribution in [3.63, 3.8) is 0 Å². The van der Waals surface area contributed by atoms with E-state index in [-0.39, 0.29) is 66.4 Å². The molecule has 1 N–H and O–H groups in total. The number of nitrogens with one attached hydrogen (secondary N) is 1. The van der Waals surface area contributed by atoms with Gasteiger partial charge in [0.25, 0.3) is 0 Å². The molecule has 4 aliphatic heterocycles. The summed E-state index contributed by atoms with van der Waals surface area (Å²) in [4.78, 5) is 82.0. The van der Waals surface area contributed by atoms with Crippen LogP contribution in [0.3, 0.4) is 0 Å². The zero-order valence-corrected chi connectivity index (χ0v) is 32.9. The monoisotopic (exact) mass is 812 g/mol. The topological polar surface area (TPSA) is 154 Å². The minimum Gasteiger partial charge on any atom is -0.462 e. The summed E-state index contributed by atoms with van der Waals surface area (Å²) in [5.41, 5.74) is 0.867. The Bertz CT molecular complexity index is 2120. The number of esters is 3. The first-order chi connectivity index (χ1) is 26.5. The number of ketones is 1. The van der Waals surface area contributed by atoms with Crippen molar-refractivity contribution in [3.8, 4) is 0 Å². The van der Waals surface area contributed by atoms with Gasteiger partial charge in [0.05, 0.1) is 46.1 Å². The van der Waals surface area contributed by atoms with Crippen LogP contribution in [0.2, 0.25) is 0 Å². The van der Waals surface area contributed by atoms with Gasteiger partial charge in [-0.1, -0.05) is 17.8 Å². The smallest absolute Gasteiger partial charge is 0.355 e. The molecule has 292 valence electrons. The molecule has 17 heteroatoms. The quantitative estimate of drug-likeness (QED) is 0.0982. The standard InChI is InChI=1S/C38H41FN4O9S3/c1-21-42-29-18-30(41-10-8-40-9-11-41)28(39)17-26(29)33(46)31(36(42)55-21)37(48)50-12-4-3-5-13-51-38(49)32-23(19-52-22(2)44)20-54-35-27(34(47)43(32)35)16-24(45)15-25-7-6-14-53-25/h6-7,14,17-18,21,27,35,40H,3-5,8-13,15-16,19-20H2,1-2H3/t21?,27-,35-/m0/s1. The Morgan fingerprint density at radius 3 is 2.44 bits per heavy atom. The van der Waals surface area contributed by atoms with Gasteiger partial charge in [0, 0.05) is 67.5 Å². The molecule has 0 saturated carbocycles. The zero-order chi connectivity index (χ0) is 38.8. The maximum Gasteiger partial charge on any atom is 0.355 e. The average molecular weight is 813 g/mol. The predicted octanol–water partition coefficient (Wildman–Crippen LogP) is 4.66. The molecule has 0 aliphatic carbocycles. The van der Waals surface area contributed by atoms with Crippen LogP contribution < -0.4 is 15.6 Å². The summed E-state index contributed by atoms with van der Waals surface area (Å²) in [6.45, 7) is 5.86. The number of benzene rings is 1. The van der Waals surface area contributed by atoms with Crippen molar-refractivity contribution in [2.75, 3.05) is 56.7 Å². The maximum absolute atomic E-state index is 15.3. The number of thiophene rings is 1. The number of aromatic nitrogens is 1. The number of ether oxygens (including phenoxy) is 3. The van der Waals surface area contributed by atoms with Crippen molar-refractivity contribution >= 4 is 81.0 Å². The number of rotatable bonds is 15. The van der Waals surface area contributed by atoms with Crippen molar-refractivity contribution in [1.82, 2.24) is 14.8 Å². The van der Waals surface area contributed by atoms with Crippen LogP contribution in [0.4, 0.5) is 10.1 Å². The van der Waals surface area contributed by atoms with Crippen LogP contribution in [0.25, 0.3) is 10.9 Å². The first-order valence-electron chi connectivity index (χ1n) is 18.3. The van der Waals surface area contributed by atoms with Gasteiger partial charge in [-0.2, -0.15) is 0 Å². The van der Waals surface area contributed by atoms with Gasteiger partial charge < -0.3 is 29.0 Å². The largest absolute Gasteiger partial charge is 0.462 e. The molecule has 4 aliphatic rings. The lowest BCUT2D eigenvalue weighted by molar-refractivity contribution is -0.156. The minimum atomic E-state index is -0.768. The lowest BCUT2D eigenvalue weighted by Crippen LogP contribution is -2.62. The Morgan fingerprint density at radius 1 is 1.00 bits per heavy atom. The molecule has 2 aromatic heterocycles. The SMILES string of the molecule is CC(=O)OCC1=C(C(=O)OCCCCCOC(=O)c2c3n(c4cc(N5CCNCC5)c(F)cc4c2=O)C(C)S3)N2C(=O)[C@H](CC(=O)Cc3cccs3)[C@@H]2SC1. The number of anilines is 1. The van der Waals surface area contributed by atoms with E-state index in [1.807, 2.05) is 33.9 Å². The van der Waals surface area contributed by atoms with Crippen LogP contribution in [-0.4, -0.2) is 96.2 Å². The highest BCUT2D eigenvalue weighted by Crippen LogP contribution is 2.47. The molecule has 3 aromatic rings. The molecule has 1 aromatic carbocycles. The van der Waals surface area contributed by atoms with E-state index in [1.165, 1.54) is 52.8 Å². The number of amides is 1. The third-order valence-electron chi connectivity index (χ3n) is 9.99. The molecule has 0 bridgehead atoms. The second-order valence-corrected chi connectivity index (χ2v) is 17.2. The number of nitrogens with zero attached hydrogens (tertiary/aromatic N) is 3. The highest BCUT2D eigenvalue weighted by atomic mass is 32.2. The molecular weight excluding hydrogens is 772 g/mol. The number of pyridine rings is 1. The van der Waals surface area contributed by atoms with E-state index in [0.717, 1.165) is 18.0 Å². The summed E-state index contributed by atoms with van der Waals surface area (Å²) >= 11 is 4.29. The second-order valence-electron chi connectivity index (χ2n) is 13.7. The number of hydrogen-bond donors (Lipinski definition) is 1. The fourth-order valence-electron chi connectivity index (χ4n) is 7.25. The lowest BCUT2D eigenvalue weighted by atomic mass is 9.89. The van der Waals surface area contributed by atoms with E-state index in [0.29, 0.717) is 59.9 Å². The van der Waals surface area contributed by atoms with Crippen molar-refractivity contribution in [2.24, 2.45) is 5.92 Å². The highest BCUT2D eigenvalue weighted by molar-refractivity contribution is 8.00. The first kappa shape index (κ1) is 39.1. The number of thioether (sulfide) groups is 2. The minimum absolute atomic E-state index is 0.0195. The average Bonchev–Trinajstić information content (AvgIpc) is 3.68. The summed E-state index contributed by atoms with van der Waals surface area (Å²) in [5.74, 6) is -3.13. The number of carbonyl (C=O) groups excluding carboxylic acids is 5. The second kappa shape index (κ2) is 16.9. The molecule has 0 spiro atoms. The zero-order valence-electron chi connectivity index (χ0n) is 30.4. The molecule has 1 amide bonds. The van der Waals surface area contributed by atoms with Crippen molar-refractivity contribution in [3.05, 3.63) is 67.4 Å². The van der Waals surface area contributed by atoms with Gasteiger partial charge in [-0.25, -0.2) is 14.0 Å². The molecule has 55 heavy (non-hydrogen) atoms. The fraction of sp³-hybridized carbons (Fsp3) is 0.474. The Morgan fingerprint density at radius 2 is 1.75 bits per heavy atom. The summed E-state index contributed by atoms with van der Waals surface area (Å²) in [6.07, 6.45) is 1.71. The molecule has 3 atom stereocenters. The predicted molar refractivity (Wildman–Crippen MR) is 207 cm³/mol. The highest BCUT2D eigenvalue weighted by Gasteiger charge is 2.54. The summed E-state index contributed by atoms with van der Waals surface area (Å²) in [5, 5.41) is 5.33. The van der Waals surface area contributed by atoms with Crippen LogP contribution in [-0.2, 0) is 39.8 Å². The van der Waals surface area contributed by atoms with Crippen molar-refractivity contribution in [2.45, 2.75) is 61.7 Å². The third-order valence-corrected chi connectivity index (χ3v) is 13.4. The molecule has 6 heterocycles. The molecule has 7 rings (SSSR count). The first-order valence-corrected chi connectivity index (χ1v) is 21.1. The Labute approximate surface area is 328 Å². The third kappa shape index (κ3) is 8.07. The van der Waals surface area contributed by atoms with E-state index in [2.05, 4.69) is 5.32 Å². The summed E-state index contributed by atoms with van der Waals surface area (Å²) < 4.78 is 33.4. The Kier molecular flexibility index (Phi) is 12.0.